The van der Waals surface area contributed by atoms with Crippen molar-refractivity contribution >= 4 is 6.03 Å². The Morgan fingerprint density at radius 2 is 1.31 bits per heavy atom. The van der Waals surface area contributed by atoms with Crippen molar-refractivity contribution in [1.29, 1.82) is 0 Å². The van der Waals surface area contributed by atoms with Crippen molar-refractivity contribution < 1.29 is 4.79 Å². The number of hydrogen-bond acceptors (Lipinski definition) is 2. The summed E-state index contributed by atoms with van der Waals surface area (Å²) in [4.78, 5) is 20.7. The first kappa shape index (κ1) is 21.5. The molecule has 0 N–H and O–H groups in total. The molecule has 2 aliphatic heterocycles. The van der Waals surface area contributed by atoms with Crippen molar-refractivity contribution in [3.8, 4) is 0 Å². The SMILES string of the molecule is O=C1N(C2CCN(Cc3ccccc3)CC2)C[C@H](C2CCCCC2)N1Cc1ccccc1. The van der Waals surface area contributed by atoms with Gasteiger partial charge in [-0.15, -0.1) is 0 Å². The molecule has 2 heterocycles. The fourth-order valence-electron chi connectivity index (χ4n) is 6.11. The van der Waals surface area contributed by atoms with Crippen molar-refractivity contribution in [2.45, 2.75) is 70.1 Å². The van der Waals surface area contributed by atoms with E-state index in [1.807, 2.05) is 0 Å². The number of hydrogen-bond donors (Lipinski definition) is 0. The van der Waals surface area contributed by atoms with Gasteiger partial charge in [0.15, 0.2) is 0 Å². The van der Waals surface area contributed by atoms with E-state index in [-0.39, 0.29) is 6.03 Å². The van der Waals surface area contributed by atoms with Gasteiger partial charge in [0.05, 0.1) is 6.04 Å². The molecule has 2 aromatic rings. The molecule has 2 aromatic carbocycles. The smallest absolute Gasteiger partial charge is 0.319 e. The second-order valence-corrected chi connectivity index (χ2v) is 10.0. The van der Waals surface area contributed by atoms with E-state index in [1.54, 1.807) is 0 Å². The first-order valence-electron chi connectivity index (χ1n) is 12.7. The summed E-state index contributed by atoms with van der Waals surface area (Å²) in [5.41, 5.74) is 2.63. The molecule has 1 atom stereocenters. The minimum atomic E-state index is 0.283. The number of likely N-dealkylation sites (tertiary alicyclic amines) is 1. The van der Waals surface area contributed by atoms with Crippen LogP contribution in [0.5, 0.6) is 0 Å². The van der Waals surface area contributed by atoms with Crippen LogP contribution in [0.3, 0.4) is 0 Å². The van der Waals surface area contributed by atoms with Crippen LogP contribution in [0.4, 0.5) is 4.79 Å². The number of nitrogens with zero attached hydrogens (tertiary/aromatic N) is 3. The van der Waals surface area contributed by atoms with Crippen LogP contribution in [0, 0.1) is 5.92 Å². The topological polar surface area (TPSA) is 26.8 Å². The standard InChI is InChI=1S/C28H37N3O/c32-28-30(26-16-18-29(19-17-26)20-23-10-4-1-5-11-23)22-27(25-14-8-3-9-15-25)31(28)21-24-12-6-2-7-13-24/h1-2,4-7,10-13,25-27H,3,8-9,14-22H2/t27-/m1/s1. The Morgan fingerprint density at radius 1 is 0.719 bits per heavy atom. The van der Waals surface area contributed by atoms with E-state index in [9.17, 15) is 4.79 Å². The second kappa shape index (κ2) is 10.1. The van der Waals surface area contributed by atoms with Gasteiger partial charge in [-0.25, -0.2) is 4.79 Å². The summed E-state index contributed by atoms with van der Waals surface area (Å²) in [6, 6.07) is 22.4. The molecule has 170 valence electrons. The molecule has 0 bridgehead atoms. The lowest BCUT2D eigenvalue weighted by Gasteiger charge is -2.36. The quantitative estimate of drug-likeness (QED) is 0.601. The average Bonchev–Trinajstić information content (AvgIpc) is 3.17. The number of carbonyl (C=O) groups is 1. The third-order valence-corrected chi connectivity index (χ3v) is 7.91. The first-order chi connectivity index (χ1) is 15.8. The average molecular weight is 432 g/mol. The van der Waals surface area contributed by atoms with Gasteiger partial charge < -0.3 is 9.80 Å². The number of rotatable bonds is 6. The second-order valence-electron chi connectivity index (χ2n) is 10.0. The van der Waals surface area contributed by atoms with Crippen LogP contribution in [0.15, 0.2) is 60.7 Å². The zero-order valence-corrected chi connectivity index (χ0v) is 19.2. The number of piperidine rings is 1. The molecule has 3 fully saturated rings. The summed E-state index contributed by atoms with van der Waals surface area (Å²) < 4.78 is 0. The number of urea groups is 1. The van der Waals surface area contributed by atoms with Crippen molar-refractivity contribution in [1.82, 2.24) is 14.7 Å². The number of amides is 2. The highest BCUT2D eigenvalue weighted by molar-refractivity contribution is 5.77. The fraction of sp³-hybridized carbons (Fsp3) is 0.536. The zero-order valence-electron chi connectivity index (χ0n) is 19.2. The Hall–Kier alpha value is -2.33. The van der Waals surface area contributed by atoms with Crippen molar-refractivity contribution in [2.75, 3.05) is 19.6 Å². The van der Waals surface area contributed by atoms with Gasteiger partial charge in [-0.3, -0.25) is 4.90 Å². The molecule has 2 amide bonds. The summed E-state index contributed by atoms with van der Waals surface area (Å²) in [5, 5.41) is 0. The molecule has 3 aliphatic rings. The molecule has 5 rings (SSSR count). The lowest BCUT2D eigenvalue weighted by molar-refractivity contribution is 0.126. The van der Waals surface area contributed by atoms with Gasteiger partial charge in [0.2, 0.25) is 0 Å². The van der Waals surface area contributed by atoms with Gasteiger partial charge in [-0.2, -0.15) is 0 Å². The van der Waals surface area contributed by atoms with E-state index in [2.05, 4.69) is 75.4 Å². The van der Waals surface area contributed by atoms with Crippen LogP contribution in [-0.4, -0.2) is 52.4 Å². The van der Waals surface area contributed by atoms with Gasteiger partial charge in [0, 0.05) is 38.8 Å². The van der Waals surface area contributed by atoms with Crippen molar-refractivity contribution in [3.63, 3.8) is 0 Å². The van der Waals surface area contributed by atoms with Crippen LogP contribution >= 0.6 is 0 Å². The van der Waals surface area contributed by atoms with Gasteiger partial charge in [-0.05, 0) is 42.7 Å². The highest BCUT2D eigenvalue weighted by atomic mass is 16.2. The lowest BCUT2D eigenvalue weighted by atomic mass is 9.83. The Kier molecular flexibility index (Phi) is 6.77. The van der Waals surface area contributed by atoms with Gasteiger partial charge in [0.1, 0.15) is 0 Å². The summed E-state index contributed by atoms with van der Waals surface area (Å²) in [6.07, 6.45) is 8.77. The highest BCUT2D eigenvalue weighted by Crippen LogP contribution is 2.35. The Bertz CT molecular complexity index is 857. The van der Waals surface area contributed by atoms with Crippen LogP contribution in [0.25, 0.3) is 0 Å². The van der Waals surface area contributed by atoms with Crippen LogP contribution in [0.1, 0.15) is 56.1 Å². The van der Waals surface area contributed by atoms with Crippen molar-refractivity contribution in [3.05, 3.63) is 71.8 Å². The molecule has 4 heteroatoms. The third-order valence-electron chi connectivity index (χ3n) is 7.91. The molecule has 0 spiro atoms. The van der Waals surface area contributed by atoms with Gasteiger partial charge in [-0.1, -0.05) is 79.9 Å². The maximum atomic E-state index is 13.7. The predicted octanol–water partition coefficient (Wildman–Crippen LogP) is 5.54. The van der Waals surface area contributed by atoms with E-state index in [1.165, 1.54) is 43.2 Å². The van der Waals surface area contributed by atoms with Crippen LogP contribution < -0.4 is 0 Å². The first-order valence-corrected chi connectivity index (χ1v) is 12.7. The molecule has 2 saturated heterocycles. The Balaban J connectivity index is 1.25. The summed E-state index contributed by atoms with van der Waals surface area (Å²) >= 11 is 0. The highest BCUT2D eigenvalue weighted by Gasteiger charge is 2.44. The third kappa shape index (κ3) is 4.85. The maximum Gasteiger partial charge on any atom is 0.320 e. The number of carbonyl (C=O) groups excluding carboxylic acids is 1. The minimum absolute atomic E-state index is 0.283. The summed E-state index contributed by atoms with van der Waals surface area (Å²) in [5.74, 6) is 0.666. The molecule has 4 nitrogen and oxygen atoms in total. The molecule has 0 unspecified atom stereocenters. The minimum Gasteiger partial charge on any atom is -0.319 e. The van der Waals surface area contributed by atoms with E-state index in [0.717, 1.165) is 45.6 Å². The fourth-order valence-corrected chi connectivity index (χ4v) is 6.11. The molecule has 1 aliphatic carbocycles. The van der Waals surface area contributed by atoms with Crippen LogP contribution in [-0.2, 0) is 13.1 Å². The zero-order chi connectivity index (χ0) is 21.8. The summed E-state index contributed by atoms with van der Waals surface area (Å²) in [6.45, 7) is 4.86. The molecule has 0 aromatic heterocycles. The van der Waals surface area contributed by atoms with Crippen molar-refractivity contribution in [2.24, 2.45) is 5.92 Å². The molecular formula is C28H37N3O. The Labute approximate surface area is 193 Å². The lowest BCUT2D eigenvalue weighted by Crippen LogP contribution is -2.46. The van der Waals surface area contributed by atoms with Gasteiger partial charge >= 0.3 is 6.03 Å². The predicted molar refractivity (Wildman–Crippen MR) is 129 cm³/mol. The Morgan fingerprint density at radius 3 is 1.94 bits per heavy atom. The monoisotopic (exact) mass is 431 g/mol. The van der Waals surface area contributed by atoms with Crippen LogP contribution in [0.2, 0.25) is 0 Å². The van der Waals surface area contributed by atoms with Gasteiger partial charge in [0.25, 0.3) is 0 Å². The van der Waals surface area contributed by atoms with E-state index in [4.69, 9.17) is 0 Å². The van der Waals surface area contributed by atoms with E-state index >= 15 is 0 Å². The maximum absolute atomic E-state index is 13.7. The van der Waals surface area contributed by atoms with E-state index in [0.29, 0.717) is 18.0 Å². The summed E-state index contributed by atoms with van der Waals surface area (Å²) in [7, 11) is 0. The number of benzene rings is 2. The molecular weight excluding hydrogens is 394 g/mol. The molecule has 1 saturated carbocycles. The molecule has 32 heavy (non-hydrogen) atoms. The normalized spacial score (nSPS) is 23.8. The van der Waals surface area contributed by atoms with E-state index < -0.39 is 0 Å². The molecule has 0 radical (unpaired) electrons. The largest absolute Gasteiger partial charge is 0.320 e.